The number of H-pyrrole nitrogens is 2. The molecule has 0 unspecified atom stereocenters. The highest BCUT2D eigenvalue weighted by molar-refractivity contribution is 7.93. The fourth-order valence-corrected chi connectivity index (χ4v) is 5.19. The maximum atomic E-state index is 12.7. The maximum Gasteiger partial charge on any atom is 0.340 e. The van der Waals surface area contributed by atoms with Crippen molar-refractivity contribution < 1.29 is 17.9 Å². The highest BCUT2D eigenvalue weighted by atomic mass is 32.2. The molecule has 1 aliphatic heterocycles. The largest absolute Gasteiger partial charge is 0.462 e. The first kappa shape index (κ1) is 19.5. The summed E-state index contributed by atoms with van der Waals surface area (Å²) in [4.78, 5) is 30.2. The van der Waals surface area contributed by atoms with Crippen molar-refractivity contribution in [1.29, 1.82) is 0 Å². The van der Waals surface area contributed by atoms with E-state index in [0.29, 0.717) is 47.9 Å². The van der Waals surface area contributed by atoms with Crippen molar-refractivity contribution in [1.82, 2.24) is 15.3 Å². The van der Waals surface area contributed by atoms with Gasteiger partial charge in [0.05, 0.1) is 17.4 Å². The van der Waals surface area contributed by atoms with Gasteiger partial charge in [-0.3, -0.25) is 9.52 Å². The second-order valence-corrected chi connectivity index (χ2v) is 8.94. The fourth-order valence-electron chi connectivity index (χ4n) is 3.71. The van der Waals surface area contributed by atoms with Crippen molar-refractivity contribution in [3.05, 3.63) is 40.3 Å². The monoisotopic (exact) mass is 418 g/mol. The van der Waals surface area contributed by atoms with Gasteiger partial charge in [0.15, 0.2) is 0 Å². The number of nitrogens with one attached hydrogen (secondary N) is 4. The number of ether oxygens (including phenoxy) is 1. The minimum atomic E-state index is -3.55. The number of anilines is 1. The lowest BCUT2D eigenvalue weighted by atomic mass is 10.1. The van der Waals surface area contributed by atoms with Crippen LogP contribution >= 0.6 is 0 Å². The molecular weight excluding hydrogens is 396 g/mol. The van der Waals surface area contributed by atoms with Crippen LogP contribution in [0, 0.1) is 0 Å². The summed E-state index contributed by atoms with van der Waals surface area (Å²) in [5.74, 6) is -0.550. The molecule has 0 saturated carbocycles. The minimum absolute atomic E-state index is 0.202. The first-order chi connectivity index (χ1) is 13.9. The number of carbonyl (C=O) groups excluding carboxylic acids is 1. The van der Waals surface area contributed by atoms with Gasteiger partial charge in [-0.1, -0.05) is 0 Å². The van der Waals surface area contributed by atoms with Gasteiger partial charge in [0.25, 0.3) is 5.56 Å². The van der Waals surface area contributed by atoms with E-state index in [9.17, 15) is 18.0 Å². The Labute approximate surface area is 166 Å². The number of pyridine rings is 1. The van der Waals surface area contributed by atoms with Gasteiger partial charge in [0.1, 0.15) is 5.52 Å². The van der Waals surface area contributed by atoms with Gasteiger partial charge in [-0.05, 0) is 51.1 Å². The molecule has 0 aliphatic carbocycles. The Bertz CT molecular complexity index is 1240. The highest BCUT2D eigenvalue weighted by Gasteiger charge is 2.27. The summed E-state index contributed by atoms with van der Waals surface area (Å²) in [6.45, 7) is 3.23. The molecule has 0 radical (unpaired) electrons. The number of esters is 1. The Hall–Kier alpha value is -2.85. The molecule has 10 heteroatoms. The molecule has 2 aromatic heterocycles. The lowest BCUT2D eigenvalue weighted by molar-refractivity contribution is 0.0529. The van der Waals surface area contributed by atoms with Crippen LogP contribution in [0.4, 0.5) is 5.69 Å². The van der Waals surface area contributed by atoms with E-state index in [0.717, 1.165) is 0 Å². The Morgan fingerprint density at radius 2 is 2.03 bits per heavy atom. The van der Waals surface area contributed by atoms with Crippen molar-refractivity contribution >= 4 is 43.5 Å². The SMILES string of the molecule is CCOC(=O)c1c[nH]c2c(=O)[nH]c3ccc(NS(=O)(=O)C4CCNCC4)cc3c12. The highest BCUT2D eigenvalue weighted by Crippen LogP contribution is 2.28. The molecule has 1 fully saturated rings. The van der Waals surface area contributed by atoms with Crippen molar-refractivity contribution in [3.63, 3.8) is 0 Å². The Morgan fingerprint density at radius 1 is 1.28 bits per heavy atom. The molecule has 154 valence electrons. The standard InChI is InChI=1S/C19H22N4O5S/c1-2-28-19(25)14-10-21-17-16(14)13-9-11(3-4-15(13)22-18(17)24)23-29(26,27)12-5-7-20-8-6-12/h3-4,9-10,12,20-21,23H,2,5-8H2,1H3,(H,22,24). The van der Waals surface area contributed by atoms with E-state index in [1.165, 1.54) is 6.20 Å². The molecule has 29 heavy (non-hydrogen) atoms. The number of aromatic nitrogens is 2. The van der Waals surface area contributed by atoms with Crippen molar-refractivity contribution in [2.24, 2.45) is 0 Å². The van der Waals surface area contributed by atoms with E-state index in [-0.39, 0.29) is 23.2 Å². The van der Waals surface area contributed by atoms with Crippen LogP contribution in [0.3, 0.4) is 0 Å². The summed E-state index contributed by atoms with van der Waals surface area (Å²) in [7, 11) is -3.55. The zero-order chi connectivity index (χ0) is 20.6. The van der Waals surface area contributed by atoms with Crippen molar-refractivity contribution in [2.75, 3.05) is 24.4 Å². The second-order valence-electron chi connectivity index (χ2n) is 6.98. The minimum Gasteiger partial charge on any atom is -0.462 e. The summed E-state index contributed by atoms with van der Waals surface area (Å²) < 4.78 is 33.2. The zero-order valence-electron chi connectivity index (χ0n) is 15.9. The van der Waals surface area contributed by atoms with E-state index in [1.807, 2.05) is 0 Å². The summed E-state index contributed by atoms with van der Waals surface area (Å²) in [6.07, 6.45) is 2.53. The number of hydrogen-bond acceptors (Lipinski definition) is 6. The van der Waals surface area contributed by atoms with E-state index in [2.05, 4.69) is 20.0 Å². The van der Waals surface area contributed by atoms with Crippen molar-refractivity contribution in [2.45, 2.75) is 25.0 Å². The van der Waals surface area contributed by atoms with Crippen LogP contribution in [0.15, 0.2) is 29.2 Å². The molecule has 0 spiro atoms. The quantitative estimate of drug-likeness (QED) is 0.466. The molecule has 0 amide bonds. The van der Waals surface area contributed by atoms with E-state index >= 15 is 0 Å². The van der Waals surface area contributed by atoms with Crippen LogP contribution < -0.4 is 15.6 Å². The first-order valence-corrected chi connectivity index (χ1v) is 11.0. The van der Waals surface area contributed by atoms with E-state index in [4.69, 9.17) is 4.74 Å². The third-order valence-electron chi connectivity index (χ3n) is 5.12. The molecule has 3 aromatic rings. The normalized spacial score (nSPS) is 15.6. The smallest absolute Gasteiger partial charge is 0.340 e. The van der Waals surface area contributed by atoms with Crippen LogP contribution in [0.1, 0.15) is 30.1 Å². The van der Waals surface area contributed by atoms with E-state index < -0.39 is 21.2 Å². The number of aromatic amines is 2. The summed E-state index contributed by atoms with van der Waals surface area (Å²) >= 11 is 0. The molecule has 0 atom stereocenters. The predicted octanol–water partition coefficient (Wildman–Crippen LogP) is 1.68. The molecular formula is C19H22N4O5S. The average Bonchev–Trinajstić information content (AvgIpc) is 3.15. The van der Waals surface area contributed by atoms with Gasteiger partial charge in [0, 0.05) is 28.2 Å². The number of fused-ring (bicyclic) bond motifs is 3. The van der Waals surface area contributed by atoms with Crippen LogP contribution in [0.2, 0.25) is 0 Å². The Kier molecular flexibility index (Phi) is 5.05. The molecule has 3 heterocycles. The van der Waals surface area contributed by atoms with Crippen LogP contribution in [-0.2, 0) is 14.8 Å². The van der Waals surface area contributed by atoms with Gasteiger partial charge in [-0.2, -0.15) is 0 Å². The number of rotatable bonds is 5. The number of hydrogen-bond donors (Lipinski definition) is 4. The van der Waals surface area contributed by atoms with Crippen LogP contribution in [0.25, 0.3) is 21.8 Å². The molecule has 4 N–H and O–H groups in total. The van der Waals surface area contributed by atoms with Crippen molar-refractivity contribution in [3.8, 4) is 0 Å². The van der Waals surface area contributed by atoms with Crippen LogP contribution in [-0.4, -0.2) is 49.3 Å². The van der Waals surface area contributed by atoms with E-state index in [1.54, 1.807) is 25.1 Å². The lowest BCUT2D eigenvalue weighted by Crippen LogP contribution is -2.38. The van der Waals surface area contributed by atoms with Gasteiger partial charge < -0.3 is 20.0 Å². The number of benzene rings is 1. The fraction of sp³-hybridized carbons (Fsp3) is 0.368. The molecule has 9 nitrogen and oxygen atoms in total. The molecule has 0 bridgehead atoms. The van der Waals surface area contributed by atoms with Gasteiger partial charge in [-0.25, -0.2) is 13.2 Å². The average molecular weight is 418 g/mol. The predicted molar refractivity (Wildman–Crippen MR) is 111 cm³/mol. The first-order valence-electron chi connectivity index (χ1n) is 9.47. The van der Waals surface area contributed by atoms with Gasteiger partial charge in [-0.15, -0.1) is 0 Å². The third-order valence-corrected chi connectivity index (χ3v) is 6.99. The summed E-state index contributed by atoms with van der Waals surface area (Å²) in [5.41, 5.74) is 0.971. The molecule has 1 aromatic carbocycles. The van der Waals surface area contributed by atoms with Crippen LogP contribution in [0.5, 0.6) is 0 Å². The van der Waals surface area contributed by atoms with Gasteiger partial charge in [0.2, 0.25) is 10.0 Å². The molecule has 1 saturated heterocycles. The number of sulfonamides is 1. The Balaban J connectivity index is 1.81. The zero-order valence-corrected chi connectivity index (χ0v) is 16.7. The Morgan fingerprint density at radius 3 is 2.76 bits per heavy atom. The second kappa shape index (κ2) is 7.53. The summed E-state index contributed by atoms with van der Waals surface area (Å²) in [5, 5.41) is 3.65. The maximum absolute atomic E-state index is 12.7. The molecule has 4 rings (SSSR count). The molecule has 1 aliphatic rings. The number of carbonyl (C=O) groups is 1. The lowest BCUT2D eigenvalue weighted by Gasteiger charge is -2.23. The third kappa shape index (κ3) is 3.60. The number of piperidine rings is 1. The summed E-state index contributed by atoms with van der Waals surface area (Å²) in [6, 6.07) is 4.85. The topological polar surface area (TPSA) is 133 Å². The van der Waals surface area contributed by atoms with Gasteiger partial charge >= 0.3 is 5.97 Å².